The van der Waals surface area contributed by atoms with Crippen molar-refractivity contribution in [2.24, 2.45) is 5.92 Å². The summed E-state index contributed by atoms with van der Waals surface area (Å²) in [5, 5.41) is 12.3. The summed E-state index contributed by atoms with van der Waals surface area (Å²) in [5.74, 6) is 0.443. The van der Waals surface area contributed by atoms with Crippen LogP contribution in [0.3, 0.4) is 0 Å². The third-order valence-electron chi connectivity index (χ3n) is 3.63. The molecule has 0 aromatic heterocycles. The van der Waals surface area contributed by atoms with Gasteiger partial charge in [0.1, 0.15) is 5.75 Å². The number of nitrogens with one attached hydrogen (secondary N) is 1. The van der Waals surface area contributed by atoms with E-state index >= 15 is 0 Å². The van der Waals surface area contributed by atoms with Crippen molar-refractivity contribution in [3.05, 3.63) is 59.7 Å². The molecule has 0 unspecified atom stereocenters. The number of hydrogen-bond donors (Lipinski definition) is 2. The minimum Gasteiger partial charge on any atom is -0.508 e. The number of amides is 1. The molecule has 1 atom stereocenters. The molecule has 2 aromatic carbocycles. The molecule has 0 aliphatic carbocycles. The predicted octanol–water partition coefficient (Wildman–Crippen LogP) is 4.33. The van der Waals surface area contributed by atoms with Crippen LogP contribution in [0, 0.1) is 5.92 Å². The average Bonchev–Trinajstić information content (AvgIpc) is 2.46. The van der Waals surface area contributed by atoms with E-state index in [2.05, 4.69) is 31.3 Å². The molecule has 1 amide bonds. The van der Waals surface area contributed by atoms with Gasteiger partial charge in [-0.15, -0.1) is 0 Å². The highest BCUT2D eigenvalue weighted by atomic mass is 16.3. The summed E-state index contributed by atoms with van der Waals surface area (Å²) < 4.78 is 0. The molecule has 3 nitrogen and oxygen atoms in total. The predicted molar refractivity (Wildman–Crippen MR) is 90.1 cm³/mol. The summed E-state index contributed by atoms with van der Waals surface area (Å²) >= 11 is 0. The number of benzene rings is 2. The maximum atomic E-state index is 12.3. The van der Waals surface area contributed by atoms with E-state index in [4.69, 9.17) is 0 Å². The molecule has 0 heterocycles. The monoisotopic (exact) mass is 297 g/mol. The van der Waals surface area contributed by atoms with Gasteiger partial charge in [-0.1, -0.05) is 44.2 Å². The van der Waals surface area contributed by atoms with E-state index in [0.29, 0.717) is 11.6 Å². The first-order valence-electron chi connectivity index (χ1n) is 7.64. The lowest BCUT2D eigenvalue weighted by molar-refractivity contribution is -0.117. The van der Waals surface area contributed by atoms with E-state index < -0.39 is 0 Å². The Morgan fingerprint density at radius 1 is 1.09 bits per heavy atom. The van der Waals surface area contributed by atoms with Gasteiger partial charge >= 0.3 is 0 Å². The number of aromatic hydroxyl groups is 1. The second-order valence-electron chi connectivity index (χ2n) is 6.10. The number of phenolic OH excluding ortho intramolecular Hbond substituents is 1. The molecule has 0 bridgehead atoms. The molecular formula is C19H23NO2. The summed E-state index contributed by atoms with van der Waals surface area (Å²) in [4.78, 5) is 12.3. The van der Waals surface area contributed by atoms with Crippen LogP contribution in [0.1, 0.15) is 37.8 Å². The largest absolute Gasteiger partial charge is 0.508 e. The highest BCUT2D eigenvalue weighted by molar-refractivity contribution is 5.95. The van der Waals surface area contributed by atoms with Gasteiger partial charge in [-0.2, -0.15) is 0 Å². The molecule has 0 aliphatic rings. The van der Waals surface area contributed by atoms with Crippen molar-refractivity contribution in [1.82, 2.24) is 0 Å². The number of anilines is 1. The van der Waals surface area contributed by atoms with Gasteiger partial charge in [-0.25, -0.2) is 0 Å². The Kier molecular flexibility index (Phi) is 5.21. The average molecular weight is 297 g/mol. The van der Waals surface area contributed by atoms with Crippen LogP contribution in [0.25, 0.3) is 0 Å². The summed E-state index contributed by atoms with van der Waals surface area (Å²) in [6.45, 7) is 6.27. The zero-order chi connectivity index (χ0) is 16.1. The normalized spacial score (nSPS) is 12.2. The number of hydrogen-bond acceptors (Lipinski definition) is 2. The van der Waals surface area contributed by atoms with E-state index in [9.17, 15) is 9.90 Å². The molecular weight excluding hydrogens is 274 g/mol. The third-order valence-corrected chi connectivity index (χ3v) is 3.63. The fourth-order valence-electron chi connectivity index (χ4n) is 2.40. The summed E-state index contributed by atoms with van der Waals surface area (Å²) in [6, 6.07) is 14.8. The van der Waals surface area contributed by atoms with Gasteiger partial charge in [0.2, 0.25) is 5.91 Å². The summed E-state index contributed by atoms with van der Waals surface area (Å²) in [7, 11) is 0. The Labute approximate surface area is 132 Å². The van der Waals surface area contributed by atoms with Crippen molar-refractivity contribution in [3.8, 4) is 5.75 Å². The van der Waals surface area contributed by atoms with Crippen LogP contribution in [0.5, 0.6) is 5.75 Å². The fourth-order valence-corrected chi connectivity index (χ4v) is 2.40. The maximum absolute atomic E-state index is 12.3. The van der Waals surface area contributed by atoms with Gasteiger partial charge in [0, 0.05) is 11.8 Å². The molecule has 0 saturated carbocycles. The minimum atomic E-state index is -0.240. The molecule has 2 aromatic rings. The van der Waals surface area contributed by atoms with E-state index in [1.54, 1.807) is 18.2 Å². The third kappa shape index (κ3) is 4.35. The van der Waals surface area contributed by atoms with Crippen molar-refractivity contribution in [3.63, 3.8) is 0 Å². The van der Waals surface area contributed by atoms with Gasteiger partial charge in [0.05, 0.1) is 5.92 Å². The van der Waals surface area contributed by atoms with E-state index in [0.717, 1.165) is 12.0 Å². The van der Waals surface area contributed by atoms with Crippen molar-refractivity contribution in [2.75, 3.05) is 5.32 Å². The van der Waals surface area contributed by atoms with Crippen LogP contribution < -0.4 is 5.32 Å². The highest BCUT2D eigenvalue weighted by Gasteiger charge is 2.15. The molecule has 0 fully saturated rings. The smallest absolute Gasteiger partial charge is 0.231 e. The molecule has 2 N–H and O–H groups in total. The Hall–Kier alpha value is -2.29. The molecule has 0 radical (unpaired) electrons. The zero-order valence-electron chi connectivity index (χ0n) is 13.3. The number of carbonyl (C=O) groups is 1. The summed E-state index contributed by atoms with van der Waals surface area (Å²) in [6.07, 6.45) is 1.05. The standard InChI is InChI=1S/C19H23NO2/c1-13(2)11-15-7-9-16(10-8-15)14(3)19(22)20-17-5-4-6-18(21)12-17/h4-10,12-14,21H,11H2,1-3H3,(H,20,22)/t14-/m0/s1. The molecule has 22 heavy (non-hydrogen) atoms. The van der Waals surface area contributed by atoms with E-state index in [-0.39, 0.29) is 17.6 Å². The van der Waals surface area contributed by atoms with Crippen LogP contribution >= 0.6 is 0 Å². The lowest BCUT2D eigenvalue weighted by Gasteiger charge is -2.14. The Bertz CT molecular complexity index is 632. The second-order valence-corrected chi connectivity index (χ2v) is 6.10. The molecule has 0 saturated heterocycles. The molecule has 0 spiro atoms. The number of rotatable bonds is 5. The Morgan fingerprint density at radius 2 is 1.77 bits per heavy atom. The topological polar surface area (TPSA) is 49.3 Å². The van der Waals surface area contributed by atoms with Crippen LogP contribution in [0.2, 0.25) is 0 Å². The first-order chi connectivity index (χ1) is 10.5. The molecule has 0 aliphatic heterocycles. The van der Waals surface area contributed by atoms with Gasteiger partial charge in [0.15, 0.2) is 0 Å². The van der Waals surface area contributed by atoms with Gasteiger partial charge < -0.3 is 10.4 Å². The van der Waals surface area contributed by atoms with Crippen molar-refractivity contribution in [2.45, 2.75) is 33.1 Å². The van der Waals surface area contributed by atoms with Gasteiger partial charge in [-0.05, 0) is 42.5 Å². The first-order valence-corrected chi connectivity index (χ1v) is 7.64. The fraction of sp³-hybridized carbons (Fsp3) is 0.316. The second kappa shape index (κ2) is 7.12. The van der Waals surface area contributed by atoms with E-state index in [1.165, 1.54) is 11.6 Å². The molecule has 116 valence electrons. The Balaban J connectivity index is 2.03. The minimum absolute atomic E-state index is 0.0813. The van der Waals surface area contributed by atoms with E-state index in [1.807, 2.05) is 19.1 Å². The number of phenols is 1. The SMILES string of the molecule is CC(C)Cc1ccc([C@H](C)C(=O)Nc2cccc(O)c2)cc1. The van der Waals surface area contributed by atoms with Crippen LogP contribution in [-0.2, 0) is 11.2 Å². The summed E-state index contributed by atoms with van der Waals surface area (Å²) in [5.41, 5.74) is 2.89. The Morgan fingerprint density at radius 3 is 2.36 bits per heavy atom. The lowest BCUT2D eigenvalue weighted by atomic mass is 9.96. The van der Waals surface area contributed by atoms with Crippen LogP contribution in [0.4, 0.5) is 5.69 Å². The first kappa shape index (κ1) is 16.1. The van der Waals surface area contributed by atoms with Crippen LogP contribution in [-0.4, -0.2) is 11.0 Å². The number of carbonyl (C=O) groups excluding carboxylic acids is 1. The van der Waals surface area contributed by atoms with Gasteiger partial charge in [0.25, 0.3) is 0 Å². The molecule has 2 rings (SSSR count). The van der Waals surface area contributed by atoms with Crippen molar-refractivity contribution in [1.29, 1.82) is 0 Å². The zero-order valence-corrected chi connectivity index (χ0v) is 13.3. The molecule has 3 heteroatoms. The lowest BCUT2D eigenvalue weighted by Crippen LogP contribution is -2.18. The van der Waals surface area contributed by atoms with Crippen molar-refractivity contribution >= 4 is 11.6 Å². The highest BCUT2D eigenvalue weighted by Crippen LogP contribution is 2.21. The van der Waals surface area contributed by atoms with Gasteiger partial charge in [-0.3, -0.25) is 4.79 Å². The van der Waals surface area contributed by atoms with Crippen LogP contribution in [0.15, 0.2) is 48.5 Å². The maximum Gasteiger partial charge on any atom is 0.231 e. The quantitative estimate of drug-likeness (QED) is 0.863. The van der Waals surface area contributed by atoms with Crippen molar-refractivity contribution < 1.29 is 9.90 Å².